The number of carbonyl (C=O) groups is 1. The fourth-order valence-electron chi connectivity index (χ4n) is 4.10. The second-order valence-corrected chi connectivity index (χ2v) is 8.95. The van der Waals surface area contributed by atoms with Gasteiger partial charge in [-0.25, -0.2) is 9.18 Å². The van der Waals surface area contributed by atoms with Crippen LogP contribution < -0.4 is 5.32 Å². The summed E-state index contributed by atoms with van der Waals surface area (Å²) in [5, 5.41) is 14.5. The van der Waals surface area contributed by atoms with E-state index in [2.05, 4.69) is 5.32 Å². The van der Waals surface area contributed by atoms with Crippen molar-refractivity contribution in [3.63, 3.8) is 0 Å². The molecule has 150 valence electrons. The third kappa shape index (κ3) is 3.63. The minimum absolute atomic E-state index is 0.355. The molecule has 3 atom stereocenters. The number of fused-ring (bicyclic) bond motifs is 1. The molecule has 3 rings (SSSR count). The molecule has 0 heterocycles. The summed E-state index contributed by atoms with van der Waals surface area (Å²) in [6.45, 7) is 9.10. The van der Waals surface area contributed by atoms with Crippen molar-refractivity contribution in [1.82, 2.24) is 5.32 Å². The van der Waals surface area contributed by atoms with Crippen molar-refractivity contribution in [2.75, 3.05) is 0 Å². The van der Waals surface area contributed by atoms with Crippen molar-refractivity contribution < 1.29 is 19.0 Å². The van der Waals surface area contributed by atoms with Gasteiger partial charge >= 0.3 is 6.09 Å². The standard InChI is InChI=1S/C23H28FNO3/c1-21(2,3)28-20(26)25-19(15-10-12-17(24)13-11-15)22(4)14-16-8-6-7-9-18(16)23(22,5)27/h6-13,19,27H,14H2,1-5H3,(H,25,26)/t19-,22+,23+/m0/s1. The number of alkyl carbamates (subject to hydrolysis) is 1. The molecular formula is C23H28FNO3. The Morgan fingerprint density at radius 3 is 2.32 bits per heavy atom. The Labute approximate surface area is 165 Å². The van der Waals surface area contributed by atoms with Gasteiger partial charge in [0.05, 0.1) is 11.6 Å². The molecule has 0 saturated carbocycles. The molecule has 0 radical (unpaired) electrons. The normalized spacial score (nSPS) is 25.1. The molecule has 0 fully saturated rings. The van der Waals surface area contributed by atoms with Gasteiger partial charge in [0.15, 0.2) is 0 Å². The van der Waals surface area contributed by atoms with Gasteiger partial charge in [-0.15, -0.1) is 0 Å². The quantitative estimate of drug-likeness (QED) is 0.793. The van der Waals surface area contributed by atoms with Crippen LogP contribution in [0.25, 0.3) is 0 Å². The van der Waals surface area contributed by atoms with Crippen molar-refractivity contribution >= 4 is 6.09 Å². The third-order valence-corrected chi connectivity index (χ3v) is 5.71. The van der Waals surface area contributed by atoms with Crippen LogP contribution in [-0.4, -0.2) is 16.8 Å². The fourth-order valence-corrected chi connectivity index (χ4v) is 4.10. The van der Waals surface area contributed by atoms with E-state index in [1.54, 1.807) is 39.8 Å². The third-order valence-electron chi connectivity index (χ3n) is 5.71. The molecule has 2 N–H and O–H groups in total. The molecule has 0 aliphatic heterocycles. The molecule has 1 aliphatic rings. The summed E-state index contributed by atoms with van der Waals surface area (Å²) < 4.78 is 19.0. The van der Waals surface area contributed by atoms with Crippen LogP contribution in [-0.2, 0) is 16.8 Å². The summed E-state index contributed by atoms with van der Waals surface area (Å²) in [7, 11) is 0. The average Bonchev–Trinajstić information content (AvgIpc) is 2.79. The molecule has 0 saturated heterocycles. The summed E-state index contributed by atoms with van der Waals surface area (Å²) in [4.78, 5) is 12.6. The molecular weight excluding hydrogens is 357 g/mol. The van der Waals surface area contributed by atoms with E-state index >= 15 is 0 Å². The minimum Gasteiger partial charge on any atom is -0.444 e. The number of nitrogens with one attached hydrogen (secondary N) is 1. The highest BCUT2D eigenvalue weighted by atomic mass is 19.1. The number of carbonyl (C=O) groups excluding carboxylic acids is 1. The first kappa shape index (κ1) is 20.3. The van der Waals surface area contributed by atoms with E-state index in [1.807, 2.05) is 31.2 Å². The Morgan fingerprint density at radius 1 is 1.14 bits per heavy atom. The maximum atomic E-state index is 13.5. The molecule has 0 unspecified atom stereocenters. The van der Waals surface area contributed by atoms with Crippen LogP contribution in [0.5, 0.6) is 0 Å². The number of ether oxygens (including phenoxy) is 1. The van der Waals surface area contributed by atoms with Gasteiger partial charge in [-0.3, -0.25) is 0 Å². The summed E-state index contributed by atoms with van der Waals surface area (Å²) in [5.74, 6) is -0.355. The maximum Gasteiger partial charge on any atom is 0.408 e. The van der Waals surface area contributed by atoms with Crippen molar-refractivity contribution in [2.24, 2.45) is 5.41 Å². The second kappa shape index (κ2) is 6.89. The topological polar surface area (TPSA) is 58.6 Å². The highest BCUT2D eigenvalue weighted by molar-refractivity contribution is 5.69. The summed E-state index contributed by atoms with van der Waals surface area (Å²) >= 11 is 0. The van der Waals surface area contributed by atoms with Crippen LogP contribution in [0.2, 0.25) is 0 Å². The second-order valence-electron chi connectivity index (χ2n) is 8.95. The summed E-state index contributed by atoms with van der Waals surface area (Å²) in [6, 6.07) is 13.2. The monoisotopic (exact) mass is 385 g/mol. The van der Waals surface area contributed by atoms with Crippen LogP contribution >= 0.6 is 0 Å². The minimum atomic E-state index is -1.20. The van der Waals surface area contributed by atoms with E-state index in [0.29, 0.717) is 12.0 Å². The van der Waals surface area contributed by atoms with Gasteiger partial charge in [0.1, 0.15) is 11.4 Å². The molecule has 1 amide bonds. The first-order valence-electron chi connectivity index (χ1n) is 9.50. The van der Waals surface area contributed by atoms with Crippen molar-refractivity contribution in [3.8, 4) is 0 Å². The van der Waals surface area contributed by atoms with Crippen LogP contribution in [0, 0.1) is 11.2 Å². The molecule has 28 heavy (non-hydrogen) atoms. The Kier molecular flexibility index (Phi) is 5.00. The number of halogens is 1. The van der Waals surface area contributed by atoms with Gasteiger partial charge in [-0.05, 0) is 62.9 Å². The molecule has 0 aromatic heterocycles. The molecule has 2 aromatic carbocycles. The van der Waals surface area contributed by atoms with E-state index in [9.17, 15) is 14.3 Å². The lowest BCUT2D eigenvalue weighted by molar-refractivity contribution is -0.0747. The lowest BCUT2D eigenvalue weighted by Crippen LogP contribution is -2.50. The largest absolute Gasteiger partial charge is 0.444 e. The number of amides is 1. The Balaban J connectivity index is 2.04. The SMILES string of the molecule is CC(C)(C)OC(=O)N[C@@H](c1ccc(F)cc1)[C@@]1(C)Cc2ccccc2[C@@]1(C)O. The predicted molar refractivity (Wildman–Crippen MR) is 106 cm³/mol. The van der Waals surface area contributed by atoms with Crippen LogP contribution in [0.4, 0.5) is 9.18 Å². The van der Waals surface area contributed by atoms with E-state index in [4.69, 9.17) is 4.74 Å². The molecule has 4 nitrogen and oxygen atoms in total. The number of aliphatic hydroxyl groups is 1. The Bertz CT molecular complexity index is 870. The van der Waals surface area contributed by atoms with Gasteiger partial charge in [0.2, 0.25) is 0 Å². The lowest BCUT2D eigenvalue weighted by atomic mass is 9.67. The lowest BCUT2D eigenvalue weighted by Gasteiger charge is -2.44. The van der Waals surface area contributed by atoms with Gasteiger partial charge in [0, 0.05) is 5.41 Å². The fraction of sp³-hybridized carbons (Fsp3) is 0.435. The number of hydrogen-bond acceptors (Lipinski definition) is 3. The first-order valence-corrected chi connectivity index (χ1v) is 9.50. The van der Waals surface area contributed by atoms with Gasteiger partial charge in [-0.2, -0.15) is 0 Å². The van der Waals surface area contributed by atoms with Crippen LogP contribution in [0.3, 0.4) is 0 Å². The Morgan fingerprint density at radius 2 is 1.75 bits per heavy atom. The number of rotatable bonds is 3. The summed E-state index contributed by atoms with van der Waals surface area (Å²) in [5.41, 5.74) is -0.0192. The van der Waals surface area contributed by atoms with Crippen molar-refractivity contribution in [1.29, 1.82) is 0 Å². The molecule has 0 bridgehead atoms. The van der Waals surface area contributed by atoms with Gasteiger partial charge < -0.3 is 15.2 Å². The molecule has 1 aliphatic carbocycles. The summed E-state index contributed by atoms with van der Waals surface area (Å²) in [6.07, 6.45) is -0.0107. The number of benzene rings is 2. The van der Waals surface area contributed by atoms with E-state index < -0.39 is 28.8 Å². The first-order chi connectivity index (χ1) is 12.9. The highest BCUT2D eigenvalue weighted by Gasteiger charge is 2.56. The van der Waals surface area contributed by atoms with Gasteiger partial charge in [-0.1, -0.05) is 43.3 Å². The zero-order chi connectivity index (χ0) is 20.7. The van der Waals surface area contributed by atoms with Crippen LogP contribution in [0.1, 0.15) is 57.4 Å². The predicted octanol–water partition coefficient (Wildman–Crippen LogP) is 4.86. The maximum absolute atomic E-state index is 13.5. The molecule has 2 aromatic rings. The highest BCUT2D eigenvalue weighted by Crippen LogP contribution is 2.56. The van der Waals surface area contributed by atoms with Gasteiger partial charge in [0.25, 0.3) is 0 Å². The Hall–Kier alpha value is -2.40. The zero-order valence-corrected chi connectivity index (χ0v) is 17.0. The van der Waals surface area contributed by atoms with Crippen molar-refractivity contribution in [3.05, 3.63) is 71.0 Å². The zero-order valence-electron chi connectivity index (χ0n) is 17.0. The number of hydrogen-bond donors (Lipinski definition) is 2. The van der Waals surface area contributed by atoms with E-state index in [-0.39, 0.29) is 5.82 Å². The smallest absolute Gasteiger partial charge is 0.408 e. The van der Waals surface area contributed by atoms with E-state index in [1.165, 1.54) is 12.1 Å². The van der Waals surface area contributed by atoms with Crippen molar-refractivity contribution in [2.45, 2.75) is 58.3 Å². The average molecular weight is 385 g/mol. The molecule has 0 spiro atoms. The van der Waals surface area contributed by atoms with E-state index in [0.717, 1.165) is 11.1 Å². The van der Waals surface area contributed by atoms with Crippen LogP contribution in [0.15, 0.2) is 48.5 Å². The molecule has 5 heteroatoms.